The molecule has 0 radical (unpaired) electrons. The maximum atomic E-state index is 12.5. The Bertz CT molecular complexity index is 882. The van der Waals surface area contributed by atoms with Crippen LogP contribution in [-0.2, 0) is 9.63 Å². The summed E-state index contributed by atoms with van der Waals surface area (Å²) in [5, 5.41) is 10.8. The van der Waals surface area contributed by atoms with Crippen LogP contribution in [0, 0.1) is 0 Å². The molecule has 28 heavy (non-hydrogen) atoms. The Labute approximate surface area is 168 Å². The van der Waals surface area contributed by atoms with E-state index in [0.29, 0.717) is 43.8 Å². The van der Waals surface area contributed by atoms with Gasteiger partial charge in [-0.25, -0.2) is 0 Å². The summed E-state index contributed by atoms with van der Waals surface area (Å²) < 4.78 is 0. The molecule has 0 saturated carbocycles. The van der Waals surface area contributed by atoms with E-state index in [2.05, 4.69) is 29.5 Å². The van der Waals surface area contributed by atoms with Gasteiger partial charge in [0.15, 0.2) is 5.60 Å². The molecule has 3 heterocycles. The largest absolute Gasteiger partial charge is 0.386 e. The number of carbonyl (C=O) groups excluding carboxylic acids is 2. The van der Waals surface area contributed by atoms with Crippen molar-refractivity contribution in [1.29, 1.82) is 0 Å². The monoisotopic (exact) mass is 397 g/mol. The molecule has 1 N–H and O–H groups in total. The Morgan fingerprint density at radius 3 is 2.89 bits per heavy atom. The van der Waals surface area contributed by atoms with Gasteiger partial charge in [-0.1, -0.05) is 42.4 Å². The molecule has 1 spiro atoms. The van der Waals surface area contributed by atoms with E-state index in [9.17, 15) is 9.59 Å². The Hall–Kier alpha value is -2.67. The summed E-state index contributed by atoms with van der Waals surface area (Å²) in [7, 11) is 0. The van der Waals surface area contributed by atoms with Gasteiger partial charge >= 0.3 is 0 Å². The van der Waals surface area contributed by atoms with Crippen LogP contribution in [0.15, 0.2) is 52.3 Å². The minimum absolute atomic E-state index is 0.0105. The summed E-state index contributed by atoms with van der Waals surface area (Å²) in [5.41, 5.74) is 1.73. The minimum atomic E-state index is -0.566. The van der Waals surface area contributed by atoms with Gasteiger partial charge in [-0.2, -0.15) is 11.3 Å². The molecule has 1 aromatic heterocycles. The van der Waals surface area contributed by atoms with Crippen molar-refractivity contribution < 1.29 is 14.4 Å². The third-order valence-electron chi connectivity index (χ3n) is 5.41. The summed E-state index contributed by atoms with van der Waals surface area (Å²) in [4.78, 5) is 32.5. The standard InChI is InChI=1S/C21H23N3O3S/c1-15(16-5-3-2-4-6-16)12-22-19(25)18-11-21(27-23-18)8-9-24(14-21)20(26)17-7-10-28-13-17/h2-7,10,13,15H,8-9,11-12,14H2,1H3,(H,22,25)/t15-,21-/m1/s1. The molecule has 1 aromatic carbocycles. The van der Waals surface area contributed by atoms with E-state index in [1.807, 2.05) is 35.0 Å². The summed E-state index contributed by atoms with van der Waals surface area (Å²) in [6.45, 7) is 3.69. The van der Waals surface area contributed by atoms with Crippen LogP contribution in [0.4, 0.5) is 0 Å². The van der Waals surface area contributed by atoms with Crippen molar-refractivity contribution in [2.24, 2.45) is 5.16 Å². The number of hydrogen-bond acceptors (Lipinski definition) is 5. The summed E-state index contributed by atoms with van der Waals surface area (Å²) >= 11 is 1.51. The third kappa shape index (κ3) is 3.80. The third-order valence-corrected chi connectivity index (χ3v) is 6.09. The van der Waals surface area contributed by atoms with Gasteiger partial charge in [0.1, 0.15) is 5.71 Å². The minimum Gasteiger partial charge on any atom is -0.386 e. The van der Waals surface area contributed by atoms with Gasteiger partial charge < -0.3 is 15.1 Å². The fraction of sp³-hybridized carbons (Fsp3) is 0.381. The van der Waals surface area contributed by atoms with E-state index in [4.69, 9.17) is 4.84 Å². The first-order chi connectivity index (χ1) is 13.6. The lowest BCUT2D eigenvalue weighted by molar-refractivity contribution is -0.115. The van der Waals surface area contributed by atoms with E-state index in [1.54, 1.807) is 4.90 Å². The molecule has 2 amide bonds. The molecule has 146 valence electrons. The van der Waals surface area contributed by atoms with E-state index >= 15 is 0 Å². The molecule has 0 aliphatic carbocycles. The van der Waals surface area contributed by atoms with Crippen LogP contribution in [0.1, 0.15) is 41.6 Å². The lowest BCUT2D eigenvalue weighted by atomic mass is 9.96. The van der Waals surface area contributed by atoms with Crippen molar-refractivity contribution in [3.05, 3.63) is 58.3 Å². The van der Waals surface area contributed by atoms with E-state index in [0.717, 1.165) is 0 Å². The Morgan fingerprint density at radius 1 is 1.32 bits per heavy atom. The van der Waals surface area contributed by atoms with Crippen molar-refractivity contribution in [2.75, 3.05) is 19.6 Å². The van der Waals surface area contributed by atoms with Crippen LogP contribution in [0.5, 0.6) is 0 Å². The number of oxime groups is 1. The number of likely N-dealkylation sites (tertiary alicyclic amines) is 1. The first kappa shape index (κ1) is 18.7. The summed E-state index contributed by atoms with van der Waals surface area (Å²) in [5.74, 6) is 0.0332. The highest BCUT2D eigenvalue weighted by Gasteiger charge is 2.48. The number of rotatable bonds is 5. The SMILES string of the molecule is C[C@H](CNC(=O)C1=NO[C@]2(CCN(C(=O)c3ccsc3)C2)C1)c1ccccc1. The van der Waals surface area contributed by atoms with Crippen LogP contribution in [0.3, 0.4) is 0 Å². The highest BCUT2D eigenvalue weighted by Crippen LogP contribution is 2.34. The molecule has 1 saturated heterocycles. The molecule has 2 aromatic rings. The van der Waals surface area contributed by atoms with Crippen LogP contribution in [0.2, 0.25) is 0 Å². The second kappa shape index (κ2) is 7.75. The topological polar surface area (TPSA) is 71.0 Å². The lowest BCUT2D eigenvalue weighted by Crippen LogP contribution is -2.39. The van der Waals surface area contributed by atoms with Gasteiger partial charge in [-0.15, -0.1) is 0 Å². The molecule has 0 bridgehead atoms. The molecule has 2 aliphatic heterocycles. The molecular weight excluding hydrogens is 374 g/mol. The van der Waals surface area contributed by atoms with Gasteiger partial charge in [-0.05, 0) is 22.9 Å². The number of nitrogens with one attached hydrogen (secondary N) is 1. The Balaban J connectivity index is 1.30. The van der Waals surface area contributed by atoms with Crippen molar-refractivity contribution in [3.8, 4) is 0 Å². The first-order valence-electron chi connectivity index (χ1n) is 9.46. The predicted octanol–water partition coefficient (Wildman–Crippen LogP) is 3.03. The van der Waals surface area contributed by atoms with Crippen LogP contribution in [0.25, 0.3) is 0 Å². The first-order valence-corrected chi connectivity index (χ1v) is 10.4. The zero-order valence-electron chi connectivity index (χ0n) is 15.8. The zero-order valence-corrected chi connectivity index (χ0v) is 16.6. The molecule has 2 aliphatic rings. The molecule has 4 rings (SSSR count). The summed E-state index contributed by atoms with van der Waals surface area (Å²) in [6, 6.07) is 11.9. The van der Waals surface area contributed by atoms with E-state index < -0.39 is 5.60 Å². The maximum absolute atomic E-state index is 12.5. The van der Waals surface area contributed by atoms with Crippen molar-refractivity contribution in [3.63, 3.8) is 0 Å². The van der Waals surface area contributed by atoms with Gasteiger partial charge in [0.05, 0.1) is 12.1 Å². The molecule has 0 unspecified atom stereocenters. The van der Waals surface area contributed by atoms with Crippen molar-refractivity contribution >= 4 is 28.9 Å². The maximum Gasteiger partial charge on any atom is 0.269 e. The van der Waals surface area contributed by atoms with Gasteiger partial charge in [0, 0.05) is 31.3 Å². The number of benzene rings is 1. The predicted molar refractivity (Wildman–Crippen MR) is 109 cm³/mol. The smallest absolute Gasteiger partial charge is 0.269 e. The number of carbonyl (C=O) groups is 2. The van der Waals surface area contributed by atoms with Gasteiger partial charge in [0.2, 0.25) is 0 Å². The molecule has 2 atom stereocenters. The lowest BCUT2D eigenvalue weighted by Gasteiger charge is -2.21. The molecular formula is C21H23N3O3S. The number of amides is 2. The molecule has 6 nitrogen and oxygen atoms in total. The Morgan fingerprint density at radius 2 is 2.14 bits per heavy atom. The van der Waals surface area contributed by atoms with Gasteiger partial charge in [0.25, 0.3) is 11.8 Å². The van der Waals surface area contributed by atoms with Gasteiger partial charge in [-0.3, -0.25) is 9.59 Å². The fourth-order valence-corrected chi connectivity index (χ4v) is 4.33. The Kier molecular flexibility index (Phi) is 5.17. The average molecular weight is 398 g/mol. The number of nitrogens with zero attached hydrogens (tertiary/aromatic N) is 2. The zero-order chi connectivity index (χ0) is 19.6. The average Bonchev–Trinajstić information content (AvgIpc) is 3.48. The highest BCUT2D eigenvalue weighted by molar-refractivity contribution is 7.08. The van der Waals surface area contributed by atoms with E-state index in [-0.39, 0.29) is 17.7 Å². The summed E-state index contributed by atoms with van der Waals surface area (Å²) in [6.07, 6.45) is 1.12. The molecule has 7 heteroatoms. The van der Waals surface area contributed by atoms with E-state index in [1.165, 1.54) is 16.9 Å². The second-order valence-electron chi connectivity index (χ2n) is 7.50. The number of thiophene rings is 1. The van der Waals surface area contributed by atoms with Crippen molar-refractivity contribution in [1.82, 2.24) is 10.2 Å². The van der Waals surface area contributed by atoms with Crippen molar-refractivity contribution in [2.45, 2.75) is 31.3 Å². The normalized spacial score (nSPS) is 22.0. The highest BCUT2D eigenvalue weighted by atomic mass is 32.1. The van der Waals surface area contributed by atoms with Crippen LogP contribution < -0.4 is 5.32 Å². The fourth-order valence-electron chi connectivity index (χ4n) is 3.70. The van der Waals surface area contributed by atoms with Crippen LogP contribution in [-0.4, -0.2) is 47.7 Å². The second-order valence-corrected chi connectivity index (χ2v) is 8.28. The number of hydrogen-bond donors (Lipinski definition) is 1. The quantitative estimate of drug-likeness (QED) is 0.843. The van der Waals surface area contributed by atoms with Crippen LogP contribution >= 0.6 is 11.3 Å². The molecule has 1 fully saturated rings.